The molecule has 3 rings (SSSR count). The van der Waals surface area contributed by atoms with Gasteiger partial charge in [0.25, 0.3) is 5.56 Å². The molecule has 0 aliphatic rings. The van der Waals surface area contributed by atoms with Crippen LogP contribution in [0.15, 0.2) is 64.5 Å². The van der Waals surface area contributed by atoms with Gasteiger partial charge in [-0.2, -0.15) is 5.10 Å². The molecule has 0 fully saturated rings. The Morgan fingerprint density at radius 1 is 1.15 bits per heavy atom. The van der Waals surface area contributed by atoms with Gasteiger partial charge in [-0.3, -0.25) is 9.78 Å². The topological polar surface area (TPSA) is 88.6 Å². The SMILES string of the molecule is COc1ccc(C=NNc2nc(C)cc(=O)[nH]2)cc1OCc1ccccc1. The van der Waals surface area contributed by atoms with Gasteiger partial charge in [0, 0.05) is 11.8 Å². The number of methoxy groups -OCH3 is 1. The quantitative estimate of drug-likeness (QED) is 0.497. The maximum Gasteiger partial charge on any atom is 0.252 e. The summed E-state index contributed by atoms with van der Waals surface area (Å²) in [5.41, 5.74) is 4.96. The van der Waals surface area contributed by atoms with Gasteiger partial charge in [0.2, 0.25) is 5.95 Å². The van der Waals surface area contributed by atoms with Gasteiger partial charge >= 0.3 is 0 Å². The first-order valence-corrected chi connectivity index (χ1v) is 8.36. The number of nitrogens with one attached hydrogen (secondary N) is 2. The van der Waals surface area contributed by atoms with Gasteiger partial charge in [0.1, 0.15) is 6.61 Å². The molecule has 0 radical (unpaired) electrons. The number of aromatic amines is 1. The van der Waals surface area contributed by atoms with Crippen molar-refractivity contribution in [2.75, 3.05) is 12.5 Å². The molecule has 0 bridgehead atoms. The van der Waals surface area contributed by atoms with Crippen LogP contribution in [0.25, 0.3) is 0 Å². The fourth-order valence-corrected chi connectivity index (χ4v) is 2.42. The fraction of sp³-hybridized carbons (Fsp3) is 0.150. The van der Waals surface area contributed by atoms with Crippen molar-refractivity contribution in [1.29, 1.82) is 0 Å². The van der Waals surface area contributed by atoms with Gasteiger partial charge in [-0.25, -0.2) is 10.4 Å². The molecule has 0 unspecified atom stereocenters. The first kappa shape index (κ1) is 18.2. The van der Waals surface area contributed by atoms with Gasteiger partial charge in [-0.1, -0.05) is 30.3 Å². The second-order valence-electron chi connectivity index (χ2n) is 5.79. The number of aryl methyl sites for hydroxylation is 1. The zero-order chi connectivity index (χ0) is 19.1. The number of rotatable bonds is 7. The molecular weight excluding hydrogens is 344 g/mol. The summed E-state index contributed by atoms with van der Waals surface area (Å²) in [6.07, 6.45) is 1.61. The molecule has 1 aromatic heterocycles. The van der Waals surface area contributed by atoms with Crippen LogP contribution in [0.5, 0.6) is 11.5 Å². The third-order valence-electron chi connectivity index (χ3n) is 3.68. The average molecular weight is 364 g/mol. The first-order chi connectivity index (χ1) is 13.1. The molecule has 0 aliphatic heterocycles. The summed E-state index contributed by atoms with van der Waals surface area (Å²) in [5.74, 6) is 1.54. The molecule has 27 heavy (non-hydrogen) atoms. The van der Waals surface area contributed by atoms with Crippen LogP contribution in [0.2, 0.25) is 0 Å². The van der Waals surface area contributed by atoms with E-state index in [1.807, 2.05) is 48.5 Å². The van der Waals surface area contributed by atoms with E-state index in [1.165, 1.54) is 6.07 Å². The maximum atomic E-state index is 11.4. The Morgan fingerprint density at radius 2 is 1.96 bits per heavy atom. The molecule has 0 atom stereocenters. The van der Waals surface area contributed by atoms with Crippen LogP contribution in [0, 0.1) is 6.92 Å². The Kier molecular flexibility index (Phi) is 5.84. The highest BCUT2D eigenvalue weighted by Gasteiger charge is 2.06. The predicted octanol–water partition coefficient (Wildman–Crippen LogP) is 3.11. The van der Waals surface area contributed by atoms with Crippen molar-refractivity contribution in [2.24, 2.45) is 5.10 Å². The van der Waals surface area contributed by atoms with Crippen molar-refractivity contribution in [3.63, 3.8) is 0 Å². The second-order valence-corrected chi connectivity index (χ2v) is 5.79. The Bertz CT molecular complexity index is 984. The minimum Gasteiger partial charge on any atom is -0.493 e. The Morgan fingerprint density at radius 3 is 2.70 bits per heavy atom. The third kappa shape index (κ3) is 5.18. The fourth-order valence-electron chi connectivity index (χ4n) is 2.42. The first-order valence-electron chi connectivity index (χ1n) is 8.36. The minimum absolute atomic E-state index is 0.235. The monoisotopic (exact) mass is 364 g/mol. The molecule has 0 spiro atoms. The van der Waals surface area contributed by atoms with Crippen molar-refractivity contribution >= 4 is 12.2 Å². The van der Waals surface area contributed by atoms with Crippen LogP contribution in [-0.2, 0) is 6.61 Å². The minimum atomic E-state index is -0.235. The van der Waals surface area contributed by atoms with Crippen molar-refractivity contribution in [3.8, 4) is 11.5 Å². The summed E-state index contributed by atoms with van der Waals surface area (Å²) in [7, 11) is 1.60. The van der Waals surface area contributed by atoms with Crippen LogP contribution in [0.3, 0.4) is 0 Å². The molecule has 3 aromatic rings. The molecule has 2 N–H and O–H groups in total. The molecule has 7 heteroatoms. The van der Waals surface area contributed by atoms with Crippen molar-refractivity contribution < 1.29 is 9.47 Å². The van der Waals surface area contributed by atoms with Gasteiger partial charge < -0.3 is 9.47 Å². The summed E-state index contributed by atoms with van der Waals surface area (Å²) >= 11 is 0. The zero-order valence-corrected chi connectivity index (χ0v) is 15.1. The lowest BCUT2D eigenvalue weighted by Gasteiger charge is -2.11. The molecule has 2 aromatic carbocycles. The van der Waals surface area contributed by atoms with E-state index in [2.05, 4.69) is 20.5 Å². The number of anilines is 1. The highest BCUT2D eigenvalue weighted by molar-refractivity contribution is 5.81. The highest BCUT2D eigenvalue weighted by Crippen LogP contribution is 2.28. The molecule has 138 valence electrons. The number of hydrogen-bond donors (Lipinski definition) is 2. The van der Waals surface area contributed by atoms with Gasteiger partial charge in [0.15, 0.2) is 11.5 Å². The Labute approximate surface area is 156 Å². The zero-order valence-electron chi connectivity index (χ0n) is 15.1. The lowest BCUT2D eigenvalue weighted by molar-refractivity contribution is 0.284. The lowest BCUT2D eigenvalue weighted by atomic mass is 10.2. The summed E-state index contributed by atoms with van der Waals surface area (Å²) < 4.78 is 11.2. The molecule has 0 saturated carbocycles. The second kappa shape index (κ2) is 8.66. The van der Waals surface area contributed by atoms with E-state index in [1.54, 1.807) is 20.2 Å². The molecule has 0 aliphatic carbocycles. The van der Waals surface area contributed by atoms with Gasteiger partial charge in [-0.05, 0) is 36.2 Å². The Balaban J connectivity index is 1.71. The number of nitrogens with zero attached hydrogens (tertiary/aromatic N) is 2. The largest absolute Gasteiger partial charge is 0.493 e. The van der Waals surface area contributed by atoms with E-state index in [0.29, 0.717) is 23.8 Å². The van der Waals surface area contributed by atoms with Crippen molar-refractivity contribution in [2.45, 2.75) is 13.5 Å². The lowest BCUT2D eigenvalue weighted by Crippen LogP contribution is -2.10. The molecule has 0 saturated heterocycles. The molecule has 1 heterocycles. The van der Waals surface area contributed by atoms with Crippen LogP contribution in [0.1, 0.15) is 16.8 Å². The summed E-state index contributed by atoms with van der Waals surface area (Å²) in [5, 5.41) is 4.10. The number of hydrazone groups is 1. The van der Waals surface area contributed by atoms with E-state index in [4.69, 9.17) is 9.47 Å². The summed E-state index contributed by atoms with van der Waals surface area (Å²) in [4.78, 5) is 18.1. The maximum absolute atomic E-state index is 11.4. The number of H-pyrrole nitrogens is 1. The summed E-state index contributed by atoms with van der Waals surface area (Å²) in [6, 6.07) is 16.8. The molecular formula is C20H20N4O3. The average Bonchev–Trinajstić information content (AvgIpc) is 2.66. The van der Waals surface area contributed by atoms with Crippen LogP contribution in [0.4, 0.5) is 5.95 Å². The van der Waals surface area contributed by atoms with Crippen LogP contribution >= 0.6 is 0 Å². The molecule has 0 amide bonds. The van der Waals surface area contributed by atoms with E-state index in [9.17, 15) is 4.79 Å². The number of ether oxygens (including phenoxy) is 2. The van der Waals surface area contributed by atoms with Crippen molar-refractivity contribution in [3.05, 3.63) is 81.8 Å². The van der Waals surface area contributed by atoms with E-state index in [0.717, 1.165) is 11.1 Å². The van der Waals surface area contributed by atoms with E-state index >= 15 is 0 Å². The van der Waals surface area contributed by atoms with Gasteiger partial charge in [0.05, 0.1) is 13.3 Å². The third-order valence-corrected chi connectivity index (χ3v) is 3.68. The number of hydrogen-bond acceptors (Lipinski definition) is 6. The van der Waals surface area contributed by atoms with Crippen molar-refractivity contribution in [1.82, 2.24) is 9.97 Å². The van der Waals surface area contributed by atoms with E-state index in [-0.39, 0.29) is 11.5 Å². The van der Waals surface area contributed by atoms with E-state index < -0.39 is 0 Å². The Hall–Kier alpha value is -3.61. The van der Waals surface area contributed by atoms with Crippen LogP contribution in [-0.4, -0.2) is 23.3 Å². The van der Waals surface area contributed by atoms with Gasteiger partial charge in [-0.15, -0.1) is 0 Å². The number of benzene rings is 2. The highest BCUT2D eigenvalue weighted by atomic mass is 16.5. The van der Waals surface area contributed by atoms with Crippen LogP contribution < -0.4 is 20.5 Å². The normalized spacial score (nSPS) is 10.7. The number of aromatic nitrogens is 2. The summed E-state index contributed by atoms with van der Waals surface area (Å²) in [6.45, 7) is 2.18. The standard InChI is InChI=1S/C20H20N4O3/c1-14-10-19(25)23-20(22-14)24-21-12-16-8-9-17(26-2)18(11-16)27-13-15-6-4-3-5-7-15/h3-12H,13H2,1-2H3,(H2,22,23,24,25). The predicted molar refractivity (Wildman–Crippen MR) is 105 cm³/mol. The smallest absolute Gasteiger partial charge is 0.252 e. The molecule has 7 nitrogen and oxygen atoms in total.